The summed E-state index contributed by atoms with van der Waals surface area (Å²) < 4.78 is 37.2. The van der Waals surface area contributed by atoms with Gasteiger partial charge < -0.3 is 9.47 Å². The average Bonchev–Trinajstić information content (AvgIpc) is 3.07. The highest BCUT2D eigenvalue weighted by atomic mass is 35.5. The molecule has 3 rings (SSSR count). The van der Waals surface area contributed by atoms with Gasteiger partial charge in [-0.25, -0.2) is 8.42 Å². The quantitative estimate of drug-likeness (QED) is 0.760. The van der Waals surface area contributed by atoms with Crippen molar-refractivity contribution in [3.8, 4) is 11.8 Å². The van der Waals surface area contributed by atoms with E-state index in [-0.39, 0.29) is 11.9 Å². The van der Waals surface area contributed by atoms with Crippen molar-refractivity contribution < 1.29 is 17.9 Å². The second-order valence-corrected chi connectivity index (χ2v) is 8.09. The molecule has 134 valence electrons. The molecule has 2 heterocycles. The molecule has 2 aromatic rings. The van der Waals surface area contributed by atoms with Crippen LogP contribution in [0, 0.1) is 0 Å². The fourth-order valence-corrected chi connectivity index (χ4v) is 4.28. The van der Waals surface area contributed by atoms with Crippen molar-refractivity contribution in [3.05, 3.63) is 47.0 Å². The Morgan fingerprint density at radius 1 is 1.16 bits per heavy atom. The number of hydrogen-bond acceptors (Lipinski definition) is 6. The zero-order valence-electron chi connectivity index (χ0n) is 13.6. The van der Waals surface area contributed by atoms with Crippen LogP contribution in [0.3, 0.4) is 0 Å². The zero-order chi connectivity index (χ0) is 17.9. The van der Waals surface area contributed by atoms with E-state index in [1.807, 2.05) is 0 Å². The molecule has 0 N–H and O–H groups in total. The van der Waals surface area contributed by atoms with Crippen LogP contribution in [-0.4, -0.2) is 49.2 Å². The van der Waals surface area contributed by atoms with Gasteiger partial charge in [0, 0.05) is 23.7 Å². The van der Waals surface area contributed by atoms with Crippen molar-refractivity contribution in [1.82, 2.24) is 14.5 Å². The van der Waals surface area contributed by atoms with E-state index in [1.54, 1.807) is 36.4 Å². The lowest BCUT2D eigenvalue weighted by atomic mass is 10.2. The lowest BCUT2D eigenvalue weighted by molar-refractivity contribution is 0.203. The van der Waals surface area contributed by atoms with Crippen molar-refractivity contribution in [3.63, 3.8) is 0 Å². The van der Waals surface area contributed by atoms with Gasteiger partial charge in [0.15, 0.2) is 0 Å². The van der Waals surface area contributed by atoms with E-state index in [9.17, 15) is 8.42 Å². The fraction of sp³-hybridized carbons (Fsp3) is 0.375. The highest BCUT2D eigenvalue weighted by Crippen LogP contribution is 2.22. The molecule has 0 spiro atoms. The molecule has 0 aliphatic carbocycles. The number of rotatable bonds is 6. The van der Waals surface area contributed by atoms with Crippen LogP contribution in [0.4, 0.5) is 0 Å². The third-order valence-electron chi connectivity index (χ3n) is 3.88. The van der Waals surface area contributed by atoms with Gasteiger partial charge in [0.05, 0.1) is 19.4 Å². The van der Waals surface area contributed by atoms with E-state index in [1.165, 1.54) is 11.4 Å². The van der Waals surface area contributed by atoms with Gasteiger partial charge in [-0.1, -0.05) is 23.7 Å². The maximum absolute atomic E-state index is 12.6. The molecule has 1 fully saturated rings. The first-order valence-electron chi connectivity index (χ1n) is 7.73. The molecule has 9 heteroatoms. The smallest absolute Gasteiger partial charge is 0.233 e. The summed E-state index contributed by atoms with van der Waals surface area (Å²) in [6, 6.07) is 10.1. The first-order valence-corrected chi connectivity index (χ1v) is 9.71. The Bertz CT molecular complexity index is 812. The van der Waals surface area contributed by atoms with Gasteiger partial charge in [-0.15, -0.1) is 10.2 Å². The van der Waals surface area contributed by atoms with E-state index in [0.29, 0.717) is 41.9 Å². The predicted octanol–water partition coefficient (Wildman–Crippen LogP) is 2.12. The Hall–Kier alpha value is -1.90. The SMILES string of the molecule is COc1ccc(OC2CCN(S(=O)(=O)Cc3ccc(Cl)cc3)C2)nn1. The van der Waals surface area contributed by atoms with E-state index in [0.717, 1.165) is 0 Å². The summed E-state index contributed by atoms with van der Waals surface area (Å²) in [7, 11) is -1.90. The van der Waals surface area contributed by atoms with E-state index >= 15 is 0 Å². The Kier molecular flexibility index (Phi) is 5.41. The average molecular weight is 384 g/mol. The number of methoxy groups -OCH3 is 1. The third-order valence-corrected chi connectivity index (χ3v) is 5.94. The fourth-order valence-electron chi connectivity index (χ4n) is 2.58. The molecule has 0 saturated carbocycles. The van der Waals surface area contributed by atoms with Gasteiger partial charge in [-0.2, -0.15) is 4.31 Å². The molecule has 0 amide bonds. The minimum atomic E-state index is -3.41. The monoisotopic (exact) mass is 383 g/mol. The maximum atomic E-state index is 12.6. The number of benzene rings is 1. The standard InChI is InChI=1S/C16H18ClN3O4S/c1-23-15-6-7-16(19-18-15)24-14-8-9-20(10-14)25(21,22)11-12-2-4-13(17)5-3-12/h2-7,14H,8-11H2,1H3. The van der Waals surface area contributed by atoms with E-state index in [2.05, 4.69) is 10.2 Å². The van der Waals surface area contributed by atoms with Gasteiger partial charge in [0.25, 0.3) is 0 Å². The highest BCUT2D eigenvalue weighted by Gasteiger charge is 2.32. The Morgan fingerprint density at radius 3 is 2.48 bits per heavy atom. The molecule has 1 aliphatic rings. The molecule has 1 aromatic heterocycles. The van der Waals surface area contributed by atoms with Gasteiger partial charge >= 0.3 is 0 Å². The lowest BCUT2D eigenvalue weighted by Crippen LogP contribution is -2.32. The second kappa shape index (κ2) is 7.55. The molecule has 0 radical (unpaired) electrons. The second-order valence-electron chi connectivity index (χ2n) is 5.68. The number of nitrogens with zero attached hydrogens (tertiary/aromatic N) is 3. The Labute approximate surface area is 151 Å². The van der Waals surface area contributed by atoms with Crippen molar-refractivity contribution in [2.75, 3.05) is 20.2 Å². The first kappa shape index (κ1) is 17.9. The van der Waals surface area contributed by atoms with Crippen molar-refractivity contribution in [2.45, 2.75) is 18.3 Å². The summed E-state index contributed by atoms with van der Waals surface area (Å²) in [5, 5.41) is 8.31. The minimum Gasteiger partial charge on any atom is -0.480 e. The van der Waals surface area contributed by atoms with Crippen molar-refractivity contribution >= 4 is 21.6 Å². The number of aromatic nitrogens is 2. The molecule has 1 unspecified atom stereocenters. The maximum Gasteiger partial charge on any atom is 0.233 e. The lowest BCUT2D eigenvalue weighted by Gasteiger charge is -2.17. The summed E-state index contributed by atoms with van der Waals surface area (Å²) in [6.07, 6.45) is 0.357. The molecule has 1 saturated heterocycles. The number of halogens is 1. The van der Waals surface area contributed by atoms with Crippen LogP contribution >= 0.6 is 11.6 Å². The third kappa shape index (κ3) is 4.59. The number of sulfonamides is 1. The van der Waals surface area contributed by atoms with Gasteiger partial charge in [-0.05, 0) is 24.1 Å². The number of hydrogen-bond donors (Lipinski definition) is 0. The van der Waals surface area contributed by atoms with Crippen LogP contribution in [0.15, 0.2) is 36.4 Å². The highest BCUT2D eigenvalue weighted by molar-refractivity contribution is 7.88. The van der Waals surface area contributed by atoms with Crippen LogP contribution in [0.5, 0.6) is 11.8 Å². The van der Waals surface area contributed by atoms with Gasteiger partial charge in [0.2, 0.25) is 21.8 Å². The molecule has 1 aromatic carbocycles. The summed E-state index contributed by atoms with van der Waals surface area (Å²) in [6.45, 7) is 0.716. The van der Waals surface area contributed by atoms with Gasteiger partial charge in [-0.3, -0.25) is 0 Å². The molecule has 1 atom stereocenters. The predicted molar refractivity (Wildman–Crippen MR) is 93.3 cm³/mol. The van der Waals surface area contributed by atoms with Crippen molar-refractivity contribution in [2.24, 2.45) is 0 Å². The number of ether oxygens (including phenoxy) is 2. The Morgan fingerprint density at radius 2 is 1.84 bits per heavy atom. The summed E-state index contributed by atoms with van der Waals surface area (Å²) in [5.74, 6) is 0.688. The molecule has 25 heavy (non-hydrogen) atoms. The van der Waals surface area contributed by atoms with Crippen LogP contribution < -0.4 is 9.47 Å². The molecular formula is C16H18ClN3O4S. The van der Waals surface area contributed by atoms with Gasteiger partial charge in [0.1, 0.15) is 6.10 Å². The summed E-state index contributed by atoms with van der Waals surface area (Å²) in [5.41, 5.74) is 0.704. The topological polar surface area (TPSA) is 81.6 Å². The molecular weight excluding hydrogens is 366 g/mol. The zero-order valence-corrected chi connectivity index (χ0v) is 15.2. The van der Waals surface area contributed by atoms with Crippen molar-refractivity contribution in [1.29, 1.82) is 0 Å². The molecule has 1 aliphatic heterocycles. The van der Waals surface area contributed by atoms with Crippen LogP contribution in [-0.2, 0) is 15.8 Å². The summed E-state index contributed by atoms with van der Waals surface area (Å²) >= 11 is 5.83. The van der Waals surface area contributed by atoms with Crippen LogP contribution in [0.1, 0.15) is 12.0 Å². The summed E-state index contributed by atoms with van der Waals surface area (Å²) in [4.78, 5) is 0. The molecule has 7 nitrogen and oxygen atoms in total. The normalized spacial score (nSPS) is 18.2. The van der Waals surface area contributed by atoms with Crippen LogP contribution in [0.2, 0.25) is 5.02 Å². The first-order chi connectivity index (χ1) is 12.0. The largest absolute Gasteiger partial charge is 0.480 e. The van der Waals surface area contributed by atoms with Crippen LogP contribution in [0.25, 0.3) is 0 Å². The van der Waals surface area contributed by atoms with E-state index < -0.39 is 10.0 Å². The Balaban J connectivity index is 1.59. The molecule has 0 bridgehead atoms. The van der Waals surface area contributed by atoms with E-state index in [4.69, 9.17) is 21.1 Å². The minimum absolute atomic E-state index is 0.0563.